The average molecular weight is 380 g/mol. The van der Waals surface area contributed by atoms with Crippen molar-refractivity contribution in [1.82, 2.24) is 4.31 Å². The summed E-state index contributed by atoms with van der Waals surface area (Å²) < 4.78 is 28.3. The van der Waals surface area contributed by atoms with E-state index >= 15 is 0 Å². The minimum absolute atomic E-state index is 0.0519. The van der Waals surface area contributed by atoms with Crippen LogP contribution in [0.15, 0.2) is 64.0 Å². The van der Waals surface area contributed by atoms with Crippen LogP contribution in [0.3, 0.4) is 0 Å². The molecule has 2 aromatic carbocycles. The minimum atomic E-state index is -3.41. The molecule has 1 heterocycles. The third kappa shape index (κ3) is 3.26. The fourth-order valence-electron chi connectivity index (χ4n) is 2.96. The molecule has 1 atom stereocenters. The van der Waals surface area contributed by atoms with Crippen molar-refractivity contribution in [2.45, 2.75) is 30.2 Å². The van der Waals surface area contributed by atoms with Crippen LogP contribution in [0.4, 0.5) is 0 Å². The van der Waals surface area contributed by atoms with Crippen LogP contribution in [-0.4, -0.2) is 25.3 Å². The zero-order valence-electron chi connectivity index (χ0n) is 12.2. The lowest BCUT2D eigenvalue weighted by Crippen LogP contribution is -2.36. The average Bonchev–Trinajstić information content (AvgIpc) is 2.98. The van der Waals surface area contributed by atoms with Crippen molar-refractivity contribution in [2.24, 2.45) is 0 Å². The Labute approximate surface area is 140 Å². The molecule has 1 saturated heterocycles. The van der Waals surface area contributed by atoms with Crippen LogP contribution in [0.2, 0.25) is 0 Å². The van der Waals surface area contributed by atoms with Gasteiger partial charge in [0.1, 0.15) is 0 Å². The number of hydrogen-bond acceptors (Lipinski definition) is 2. The first-order valence-corrected chi connectivity index (χ1v) is 9.62. The van der Waals surface area contributed by atoms with Crippen LogP contribution in [-0.2, 0) is 16.4 Å². The zero-order chi connectivity index (χ0) is 15.6. The SMILES string of the molecule is O=S(=O)(c1ccc(Br)cc1)N1CCCC1Cc1ccccc1. The number of hydrogen-bond donors (Lipinski definition) is 0. The maximum Gasteiger partial charge on any atom is 0.243 e. The molecule has 0 amide bonds. The standard InChI is InChI=1S/C17H18BrNO2S/c18-15-8-10-17(11-9-15)22(20,21)19-12-4-7-16(19)13-14-5-2-1-3-6-14/h1-3,5-6,8-11,16H,4,7,12-13H2. The molecule has 1 aliphatic rings. The Kier molecular flexibility index (Phi) is 4.66. The Bertz CT molecular complexity index is 729. The van der Waals surface area contributed by atoms with E-state index in [1.54, 1.807) is 28.6 Å². The Balaban J connectivity index is 1.84. The van der Waals surface area contributed by atoms with Crippen molar-refractivity contribution in [3.05, 3.63) is 64.6 Å². The number of sulfonamides is 1. The normalized spacial score (nSPS) is 19.4. The van der Waals surface area contributed by atoms with Crippen LogP contribution in [0.25, 0.3) is 0 Å². The van der Waals surface area contributed by atoms with Gasteiger partial charge in [-0.2, -0.15) is 4.31 Å². The lowest BCUT2D eigenvalue weighted by molar-refractivity contribution is 0.385. The maximum absolute atomic E-state index is 12.9. The lowest BCUT2D eigenvalue weighted by Gasteiger charge is -2.24. The first-order valence-electron chi connectivity index (χ1n) is 7.39. The Hall–Kier alpha value is -1.17. The molecule has 0 aromatic heterocycles. The van der Waals surface area contributed by atoms with Gasteiger partial charge < -0.3 is 0 Å². The fraction of sp³-hybridized carbons (Fsp3) is 0.294. The summed E-state index contributed by atoms with van der Waals surface area (Å²) in [4.78, 5) is 0.371. The highest BCUT2D eigenvalue weighted by molar-refractivity contribution is 9.10. The first kappa shape index (κ1) is 15.7. The van der Waals surface area contributed by atoms with E-state index in [0.717, 1.165) is 23.7 Å². The molecule has 0 radical (unpaired) electrons. The van der Waals surface area contributed by atoms with E-state index in [1.165, 1.54) is 5.56 Å². The molecule has 0 aliphatic carbocycles. The zero-order valence-corrected chi connectivity index (χ0v) is 14.6. The number of benzene rings is 2. The third-order valence-corrected chi connectivity index (χ3v) is 6.55. The van der Waals surface area contributed by atoms with Crippen LogP contribution < -0.4 is 0 Å². The van der Waals surface area contributed by atoms with Crippen molar-refractivity contribution in [3.63, 3.8) is 0 Å². The molecule has 0 saturated carbocycles. The van der Waals surface area contributed by atoms with Gasteiger partial charge in [-0.25, -0.2) is 8.42 Å². The van der Waals surface area contributed by atoms with Gasteiger partial charge in [0.05, 0.1) is 4.90 Å². The van der Waals surface area contributed by atoms with Crippen molar-refractivity contribution in [2.75, 3.05) is 6.54 Å². The summed E-state index contributed by atoms with van der Waals surface area (Å²) in [5.74, 6) is 0. The highest BCUT2D eigenvalue weighted by atomic mass is 79.9. The van der Waals surface area contributed by atoms with Gasteiger partial charge >= 0.3 is 0 Å². The first-order chi connectivity index (χ1) is 10.6. The van der Waals surface area contributed by atoms with E-state index in [1.807, 2.05) is 18.2 Å². The molecule has 0 bridgehead atoms. The van der Waals surface area contributed by atoms with E-state index in [4.69, 9.17) is 0 Å². The van der Waals surface area contributed by atoms with E-state index in [9.17, 15) is 8.42 Å². The Morgan fingerprint density at radius 1 is 1.05 bits per heavy atom. The van der Waals surface area contributed by atoms with E-state index in [2.05, 4.69) is 28.1 Å². The third-order valence-electron chi connectivity index (χ3n) is 4.06. The Morgan fingerprint density at radius 2 is 1.73 bits per heavy atom. The van der Waals surface area contributed by atoms with Gasteiger partial charge in [0.25, 0.3) is 0 Å². The molecule has 2 aromatic rings. The summed E-state index contributed by atoms with van der Waals surface area (Å²) in [5, 5.41) is 0. The second-order valence-corrected chi connectivity index (χ2v) is 8.36. The molecule has 1 aliphatic heterocycles. The summed E-state index contributed by atoms with van der Waals surface area (Å²) in [5.41, 5.74) is 1.19. The second kappa shape index (κ2) is 6.52. The molecule has 0 N–H and O–H groups in total. The molecule has 3 rings (SSSR count). The molecule has 1 unspecified atom stereocenters. The molecule has 1 fully saturated rings. The van der Waals surface area contributed by atoms with Crippen molar-refractivity contribution >= 4 is 26.0 Å². The number of halogens is 1. The van der Waals surface area contributed by atoms with Crippen molar-refractivity contribution in [3.8, 4) is 0 Å². The molecular weight excluding hydrogens is 362 g/mol. The van der Waals surface area contributed by atoms with Crippen LogP contribution in [0.5, 0.6) is 0 Å². The van der Waals surface area contributed by atoms with E-state index in [0.29, 0.717) is 11.4 Å². The van der Waals surface area contributed by atoms with E-state index in [-0.39, 0.29) is 6.04 Å². The largest absolute Gasteiger partial charge is 0.243 e. The predicted molar refractivity (Wildman–Crippen MR) is 91.2 cm³/mol. The van der Waals surface area contributed by atoms with Gasteiger partial charge in [-0.15, -0.1) is 0 Å². The summed E-state index contributed by atoms with van der Waals surface area (Å²) in [6.07, 6.45) is 2.62. The molecule has 0 spiro atoms. The fourth-order valence-corrected chi connectivity index (χ4v) is 4.91. The molecule has 22 heavy (non-hydrogen) atoms. The molecular formula is C17H18BrNO2S. The maximum atomic E-state index is 12.9. The number of rotatable bonds is 4. The van der Waals surface area contributed by atoms with Gasteiger partial charge in [-0.1, -0.05) is 46.3 Å². The highest BCUT2D eigenvalue weighted by Crippen LogP contribution is 2.28. The lowest BCUT2D eigenvalue weighted by atomic mass is 10.1. The highest BCUT2D eigenvalue weighted by Gasteiger charge is 2.35. The van der Waals surface area contributed by atoms with Gasteiger partial charge in [0, 0.05) is 17.1 Å². The van der Waals surface area contributed by atoms with Gasteiger partial charge in [0.15, 0.2) is 0 Å². The van der Waals surface area contributed by atoms with Gasteiger partial charge in [-0.05, 0) is 49.1 Å². The monoisotopic (exact) mass is 379 g/mol. The quantitative estimate of drug-likeness (QED) is 0.808. The summed E-state index contributed by atoms with van der Waals surface area (Å²) in [6, 6.07) is 17.0. The van der Waals surface area contributed by atoms with E-state index < -0.39 is 10.0 Å². The summed E-state index contributed by atoms with van der Waals surface area (Å²) >= 11 is 3.34. The molecule has 116 valence electrons. The predicted octanol–water partition coefficient (Wildman–Crippen LogP) is 3.84. The van der Waals surface area contributed by atoms with Crippen LogP contribution in [0, 0.1) is 0 Å². The summed E-state index contributed by atoms with van der Waals surface area (Å²) in [6.45, 7) is 0.607. The van der Waals surface area contributed by atoms with Crippen molar-refractivity contribution < 1.29 is 8.42 Å². The van der Waals surface area contributed by atoms with Crippen molar-refractivity contribution in [1.29, 1.82) is 0 Å². The smallest absolute Gasteiger partial charge is 0.207 e. The van der Waals surface area contributed by atoms with Crippen LogP contribution in [0.1, 0.15) is 18.4 Å². The Morgan fingerprint density at radius 3 is 2.41 bits per heavy atom. The molecule has 5 heteroatoms. The topological polar surface area (TPSA) is 37.4 Å². The summed E-state index contributed by atoms with van der Waals surface area (Å²) in [7, 11) is -3.41. The van der Waals surface area contributed by atoms with Gasteiger partial charge in [0.2, 0.25) is 10.0 Å². The second-order valence-electron chi connectivity index (χ2n) is 5.56. The number of nitrogens with zero attached hydrogens (tertiary/aromatic N) is 1. The molecule has 3 nitrogen and oxygen atoms in total. The minimum Gasteiger partial charge on any atom is -0.207 e. The van der Waals surface area contributed by atoms with Gasteiger partial charge in [-0.3, -0.25) is 0 Å². The van der Waals surface area contributed by atoms with Crippen LogP contribution >= 0.6 is 15.9 Å².